The molecule has 6 nitrogen and oxygen atoms in total. The third-order valence-electron chi connectivity index (χ3n) is 3.31. The van der Waals surface area contributed by atoms with Gasteiger partial charge in [0, 0.05) is 12.6 Å². The van der Waals surface area contributed by atoms with E-state index in [9.17, 15) is 9.59 Å². The highest BCUT2D eigenvalue weighted by Gasteiger charge is 2.31. The van der Waals surface area contributed by atoms with Gasteiger partial charge in [0.25, 0.3) is 0 Å². The lowest BCUT2D eigenvalue weighted by Gasteiger charge is -2.31. The number of morpholine rings is 1. The number of hydrogen-bond acceptors (Lipinski definition) is 4. The molecule has 0 aromatic heterocycles. The van der Waals surface area contributed by atoms with Gasteiger partial charge < -0.3 is 19.5 Å². The third-order valence-corrected chi connectivity index (χ3v) is 3.31. The van der Waals surface area contributed by atoms with Gasteiger partial charge in [0.05, 0.1) is 19.8 Å². The van der Waals surface area contributed by atoms with Crippen LogP contribution >= 0.6 is 0 Å². The average Bonchev–Trinajstić information content (AvgIpc) is 2.54. The summed E-state index contributed by atoms with van der Waals surface area (Å²) in [4.78, 5) is 24.6. The minimum absolute atomic E-state index is 0.0258. The first-order valence-corrected chi connectivity index (χ1v) is 7.14. The maximum absolute atomic E-state index is 12.2. The lowest BCUT2D eigenvalue weighted by Crippen LogP contribution is -2.52. The molecule has 0 bridgehead atoms. The fourth-order valence-corrected chi connectivity index (χ4v) is 2.18. The molecule has 6 heteroatoms. The lowest BCUT2D eigenvalue weighted by atomic mass is 10.2. The highest BCUT2D eigenvalue weighted by molar-refractivity contribution is 5.94. The van der Waals surface area contributed by atoms with E-state index in [-0.39, 0.29) is 19.1 Å². The topological polar surface area (TPSA) is 76.1 Å². The van der Waals surface area contributed by atoms with Gasteiger partial charge in [-0.25, -0.2) is 4.79 Å². The molecular formula is C16H19NO5. The van der Waals surface area contributed by atoms with Crippen LogP contribution in [0.4, 0.5) is 0 Å². The summed E-state index contributed by atoms with van der Waals surface area (Å²) in [6, 6.07) is 6.39. The van der Waals surface area contributed by atoms with Crippen LogP contribution in [0.15, 0.2) is 30.3 Å². The molecule has 1 saturated heterocycles. The second-order valence-corrected chi connectivity index (χ2v) is 4.80. The molecule has 1 aromatic rings. The van der Waals surface area contributed by atoms with Crippen molar-refractivity contribution in [2.45, 2.75) is 13.0 Å². The zero-order valence-electron chi connectivity index (χ0n) is 12.4. The summed E-state index contributed by atoms with van der Waals surface area (Å²) in [6.07, 6.45) is 3.05. The highest BCUT2D eigenvalue weighted by Crippen LogP contribution is 2.14. The van der Waals surface area contributed by atoms with Crippen molar-refractivity contribution in [2.24, 2.45) is 0 Å². The van der Waals surface area contributed by atoms with Gasteiger partial charge in [0.1, 0.15) is 5.75 Å². The molecule has 0 aliphatic carbocycles. The number of carbonyl (C=O) groups excluding carboxylic acids is 1. The van der Waals surface area contributed by atoms with Crippen LogP contribution in [0.25, 0.3) is 6.08 Å². The van der Waals surface area contributed by atoms with E-state index < -0.39 is 12.0 Å². The van der Waals surface area contributed by atoms with Crippen LogP contribution < -0.4 is 4.74 Å². The van der Waals surface area contributed by atoms with E-state index in [1.165, 1.54) is 11.0 Å². The van der Waals surface area contributed by atoms with Gasteiger partial charge in [-0.1, -0.05) is 12.1 Å². The number of benzene rings is 1. The number of carboxylic acids is 1. The SMILES string of the molecule is CCOc1ccc(/C=C/C(=O)N2CCOCC2C(=O)O)cc1. The molecule has 0 saturated carbocycles. The fourth-order valence-electron chi connectivity index (χ4n) is 2.18. The number of ether oxygens (including phenoxy) is 2. The molecule has 0 radical (unpaired) electrons. The molecule has 1 aliphatic heterocycles. The van der Waals surface area contributed by atoms with Crippen molar-refractivity contribution < 1.29 is 24.2 Å². The van der Waals surface area contributed by atoms with Crippen molar-refractivity contribution >= 4 is 18.0 Å². The van der Waals surface area contributed by atoms with Crippen molar-refractivity contribution in [2.75, 3.05) is 26.4 Å². The number of carboxylic acid groups (broad SMARTS) is 1. The Morgan fingerprint density at radius 1 is 1.41 bits per heavy atom. The Kier molecular flexibility index (Phi) is 5.55. The second kappa shape index (κ2) is 7.61. The van der Waals surface area contributed by atoms with Crippen molar-refractivity contribution in [3.05, 3.63) is 35.9 Å². The molecule has 1 aliphatic rings. The van der Waals surface area contributed by atoms with Gasteiger partial charge in [0.2, 0.25) is 5.91 Å². The molecule has 1 fully saturated rings. The van der Waals surface area contributed by atoms with Crippen LogP contribution in [-0.2, 0) is 14.3 Å². The Balaban J connectivity index is 2.01. The van der Waals surface area contributed by atoms with Gasteiger partial charge in [0.15, 0.2) is 6.04 Å². The van der Waals surface area contributed by atoms with E-state index in [0.29, 0.717) is 13.2 Å². The summed E-state index contributed by atoms with van der Waals surface area (Å²) < 4.78 is 10.5. The molecule has 1 atom stereocenters. The van der Waals surface area contributed by atoms with Crippen molar-refractivity contribution in [1.82, 2.24) is 4.90 Å². The van der Waals surface area contributed by atoms with Crippen molar-refractivity contribution in [1.29, 1.82) is 0 Å². The molecule has 1 N–H and O–H groups in total. The standard InChI is InChI=1S/C16H19NO5/c1-2-22-13-6-3-12(4-7-13)5-8-15(18)17-9-10-21-11-14(17)16(19)20/h3-8,14H,2,9-11H2,1H3,(H,19,20)/b8-5+. The minimum atomic E-state index is -1.05. The number of nitrogens with zero attached hydrogens (tertiary/aromatic N) is 1. The van der Waals surface area contributed by atoms with Crippen LogP contribution in [0, 0.1) is 0 Å². The van der Waals surface area contributed by atoms with E-state index in [0.717, 1.165) is 11.3 Å². The van der Waals surface area contributed by atoms with Gasteiger partial charge >= 0.3 is 5.97 Å². The lowest BCUT2D eigenvalue weighted by molar-refractivity contribution is -0.156. The normalized spacial score (nSPS) is 18.4. The monoisotopic (exact) mass is 305 g/mol. The first-order chi connectivity index (χ1) is 10.6. The van der Waals surface area contributed by atoms with Crippen molar-refractivity contribution in [3.63, 3.8) is 0 Å². The van der Waals surface area contributed by atoms with Crippen LogP contribution in [0.5, 0.6) is 5.75 Å². The van der Waals surface area contributed by atoms with Crippen LogP contribution in [0.2, 0.25) is 0 Å². The number of aliphatic carboxylic acids is 1. The Morgan fingerprint density at radius 2 is 2.14 bits per heavy atom. The zero-order valence-corrected chi connectivity index (χ0v) is 12.4. The number of amides is 1. The van der Waals surface area contributed by atoms with E-state index in [4.69, 9.17) is 14.6 Å². The molecular weight excluding hydrogens is 286 g/mol. The summed E-state index contributed by atoms with van der Waals surface area (Å²) in [5.74, 6) is -0.614. The predicted molar refractivity (Wildman–Crippen MR) is 80.6 cm³/mol. The smallest absolute Gasteiger partial charge is 0.328 e. The molecule has 118 valence electrons. The Morgan fingerprint density at radius 3 is 2.77 bits per heavy atom. The first kappa shape index (κ1) is 16.0. The van der Waals surface area contributed by atoms with Crippen LogP contribution in [0.3, 0.4) is 0 Å². The molecule has 1 heterocycles. The average molecular weight is 305 g/mol. The second-order valence-electron chi connectivity index (χ2n) is 4.80. The maximum Gasteiger partial charge on any atom is 0.328 e. The Labute approximate surface area is 128 Å². The summed E-state index contributed by atoms with van der Waals surface area (Å²) in [6.45, 7) is 3.17. The highest BCUT2D eigenvalue weighted by atomic mass is 16.5. The van der Waals surface area contributed by atoms with Crippen LogP contribution in [-0.4, -0.2) is 54.3 Å². The summed E-state index contributed by atoms with van der Waals surface area (Å²) in [7, 11) is 0. The van der Waals surface area contributed by atoms with Gasteiger partial charge in [-0.3, -0.25) is 4.79 Å². The zero-order chi connectivity index (χ0) is 15.9. The predicted octanol–water partition coefficient (Wildman–Crippen LogP) is 1.41. The van der Waals surface area contributed by atoms with Crippen LogP contribution in [0.1, 0.15) is 12.5 Å². The summed E-state index contributed by atoms with van der Waals surface area (Å²) >= 11 is 0. The summed E-state index contributed by atoms with van der Waals surface area (Å²) in [5.41, 5.74) is 0.844. The number of carbonyl (C=O) groups is 2. The molecule has 1 unspecified atom stereocenters. The third kappa shape index (κ3) is 4.08. The van der Waals surface area contributed by atoms with Gasteiger partial charge in [-0.2, -0.15) is 0 Å². The Bertz CT molecular complexity index is 552. The molecule has 22 heavy (non-hydrogen) atoms. The largest absolute Gasteiger partial charge is 0.494 e. The Hall–Kier alpha value is -2.34. The van der Waals surface area contributed by atoms with Crippen molar-refractivity contribution in [3.8, 4) is 5.75 Å². The summed E-state index contributed by atoms with van der Waals surface area (Å²) in [5, 5.41) is 9.11. The first-order valence-electron chi connectivity index (χ1n) is 7.14. The number of hydrogen-bond donors (Lipinski definition) is 1. The van der Waals surface area contributed by atoms with E-state index >= 15 is 0 Å². The van der Waals surface area contributed by atoms with Gasteiger partial charge in [-0.05, 0) is 30.7 Å². The fraction of sp³-hybridized carbons (Fsp3) is 0.375. The number of rotatable bonds is 5. The molecule has 1 aromatic carbocycles. The molecule has 2 rings (SSSR count). The van der Waals surface area contributed by atoms with E-state index in [1.54, 1.807) is 6.08 Å². The maximum atomic E-state index is 12.2. The molecule has 0 spiro atoms. The van der Waals surface area contributed by atoms with Gasteiger partial charge in [-0.15, -0.1) is 0 Å². The van der Waals surface area contributed by atoms with E-state index in [1.807, 2.05) is 31.2 Å². The minimum Gasteiger partial charge on any atom is -0.494 e. The van der Waals surface area contributed by atoms with E-state index in [2.05, 4.69) is 0 Å². The molecule has 1 amide bonds. The quantitative estimate of drug-likeness (QED) is 0.832.